The Morgan fingerprint density at radius 2 is 1.95 bits per heavy atom. The van der Waals surface area contributed by atoms with Gasteiger partial charge in [0.2, 0.25) is 0 Å². The maximum absolute atomic E-state index is 11.5. The van der Waals surface area contributed by atoms with Gasteiger partial charge in [-0.3, -0.25) is 4.79 Å². The number of benzene rings is 1. The molecule has 0 saturated carbocycles. The lowest BCUT2D eigenvalue weighted by Crippen LogP contribution is -2.12. The summed E-state index contributed by atoms with van der Waals surface area (Å²) in [6, 6.07) is 10.8. The van der Waals surface area contributed by atoms with Crippen LogP contribution in [0.1, 0.15) is 42.4 Å². The summed E-state index contributed by atoms with van der Waals surface area (Å²) in [6.45, 7) is 3.96. The number of nitrogens with one attached hydrogen (secondary N) is 1. The second-order valence-corrected chi connectivity index (χ2v) is 4.78. The molecule has 0 fully saturated rings. The van der Waals surface area contributed by atoms with Crippen LogP contribution in [0.4, 0.5) is 0 Å². The molecular formula is C16H15N3O. The minimum Gasteiger partial charge on any atom is -0.310 e. The Morgan fingerprint density at radius 3 is 2.55 bits per heavy atom. The van der Waals surface area contributed by atoms with Crippen molar-refractivity contribution < 1.29 is 0 Å². The number of aromatic amines is 1. The molecule has 0 atom stereocenters. The van der Waals surface area contributed by atoms with Crippen LogP contribution in [0.5, 0.6) is 0 Å². The molecule has 2 aromatic rings. The summed E-state index contributed by atoms with van der Waals surface area (Å²) in [5.41, 5.74) is 2.06. The Labute approximate surface area is 117 Å². The highest BCUT2D eigenvalue weighted by atomic mass is 16.1. The Balaban J connectivity index is 2.26. The lowest BCUT2D eigenvalue weighted by molar-refractivity contribution is 0.764. The van der Waals surface area contributed by atoms with Crippen LogP contribution in [0, 0.1) is 11.3 Å². The molecule has 0 radical (unpaired) electrons. The zero-order valence-corrected chi connectivity index (χ0v) is 11.4. The number of nitriles is 1. The van der Waals surface area contributed by atoms with Crippen molar-refractivity contribution in [3.63, 3.8) is 0 Å². The van der Waals surface area contributed by atoms with E-state index in [4.69, 9.17) is 5.26 Å². The van der Waals surface area contributed by atoms with Crippen molar-refractivity contribution in [2.24, 2.45) is 0 Å². The van der Waals surface area contributed by atoms with E-state index in [9.17, 15) is 4.79 Å². The third-order valence-corrected chi connectivity index (χ3v) is 2.81. The van der Waals surface area contributed by atoms with Gasteiger partial charge in [0.15, 0.2) is 0 Å². The first-order valence-electron chi connectivity index (χ1n) is 6.38. The summed E-state index contributed by atoms with van der Waals surface area (Å²) >= 11 is 0. The van der Waals surface area contributed by atoms with Crippen LogP contribution in [-0.4, -0.2) is 9.97 Å². The SMILES string of the molecule is CC(C)c1nc(/C=C/c2ccc(C#N)cc2)cc(=O)[nH]1. The van der Waals surface area contributed by atoms with Gasteiger partial charge in [-0.15, -0.1) is 0 Å². The van der Waals surface area contributed by atoms with Gasteiger partial charge in [0.25, 0.3) is 5.56 Å². The molecule has 4 nitrogen and oxygen atoms in total. The van der Waals surface area contributed by atoms with Crippen LogP contribution in [0.2, 0.25) is 0 Å². The second kappa shape index (κ2) is 5.98. The van der Waals surface area contributed by atoms with Crippen LogP contribution in [0.3, 0.4) is 0 Å². The van der Waals surface area contributed by atoms with Crippen LogP contribution in [0.25, 0.3) is 12.2 Å². The molecule has 1 aromatic carbocycles. The second-order valence-electron chi connectivity index (χ2n) is 4.78. The van der Waals surface area contributed by atoms with Crippen LogP contribution < -0.4 is 5.56 Å². The van der Waals surface area contributed by atoms with Crippen molar-refractivity contribution >= 4 is 12.2 Å². The molecule has 0 aliphatic carbocycles. The highest BCUT2D eigenvalue weighted by Crippen LogP contribution is 2.10. The largest absolute Gasteiger partial charge is 0.310 e. The summed E-state index contributed by atoms with van der Waals surface area (Å²) in [5.74, 6) is 0.850. The standard InChI is InChI=1S/C16H15N3O/c1-11(2)16-18-14(9-15(20)19-16)8-7-12-3-5-13(10-17)6-4-12/h3-9,11H,1-2H3,(H,18,19,20)/b8-7+. The molecule has 1 aromatic heterocycles. The molecule has 0 aliphatic heterocycles. The first kappa shape index (κ1) is 13.8. The third kappa shape index (κ3) is 3.42. The third-order valence-electron chi connectivity index (χ3n) is 2.81. The lowest BCUT2D eigenvalue weighted by Gasteiger charge is -2.04. The van der Waals surface area contributed by atoms with E-state index >= 15 is 0 Å². The first-order chi connectivity index (χ1) is 9.58. The molecule has 1 N–H and O–H groups in total. The smallest absolute Gasteiger partial charge is 0.251 e. The average molecular weight is 265 g/mol. The van der Waals surface area contributed by atoms with E-state index < -0.39 is 0 Å². The van der Waals surface area contributed by atoms with Gasteiger partial charge in [0.1, 0.15) is 5.82 Å². The van der Waals surface area contributed by atoms with Crippen molar-refractivity contribution in [2.75, 3.05) is 0 Å². The molecule has 0 aliphatic rings. The Kier molecular flexibility index (Phi) is 4.11. The molecule has 2 rings (SSSR count). The molecule has 0 amide bonds. The Hall–Kier alpha value is -2.67. The van der Waals surface area contributed by atoms with Gasteiger partial charge in [-0.05, 0) is 23.8 Å². The van der Waals surface area contributed by atoms with Crippen molar-refractivity contribution in [3.05, 3.63) is 63.3 Å². The fraction of sp³-hybridized carbons (Fsp3) is 0.188. The predicted octanol–water partition coefficient (Wildman–Crippen LogP) is 2.94. The normalized spacial score (nSPS) is 10.9. The van der Waals surface area contributed by atoms with Crippen molar-refractivity contribution in [1.29, 1.82) is 5.26 Å². The minimum absolute atomic E-state index is 0.150. The molecule has 0 spiro atoms. The number of aromatic nitrogens is 2. The molecular weight excluding hydrogens is 250 g/mol. The topological polar surface area (TPSA) is 69.5 Å². The van der Waals surface area contributed by atoms with Crippen molar-refractivity contribution in [3.8, 4) is 6.07 Å². The first-order valence-corrected chi connectivity index (χ1v) is 6.38. The van der Waals surface area contributed by atoms with E-state index in [-0.39, 0.29) is 11.5 Å². The van der Waals surface area contributed by atoms with E-state index in [0.29, 0.717) is 17.1 Å². The summed E-state index contributed by atoms with van der Waals surface area (Å²) < 4.78 is 0. The lowest BCUT2D eigenvalue weighted by atomic mass is 10.1. The molecule has 0 unspecified atom stereocenters. The quantitative estimate of drug-likeness (QED) is 0.927. The van der Waals surface area contributed by atoms with Gasteiger partial charge < -0.3 is 4.98 Å². The van der Waals surface area contributed by atoms with Gasteiger partial charge in [0.05, 0.1) is 17.3 Å². The Bertz CT molecular complexity index is 719. The molecule has 4 heteroatoms. The zero-order chi connectivity index (χ0) is 14.5. The van der Waals surface area contributed by atoms with Gasteiger partial charge in [-0.25, -0.2) is 4.98 Å². The van der Waals surface area contributed by atoms with Crippen LogP contribution >= 0.6 is 0 Å². The monoisotopic (exact) mass is 265 g/mol. The number of nitrogens with zero attached hydrogens (tertiary/aromatic N) is 2. The Morgan fingerprint density at radius 1 is 1.25 bits per heavy atom. The maximum atomic E-state index is 11.5. The fourth-order valence-electron chi connectivity index (χ4n) is 1.71. The predicted molar refractivity (Wildman–Crippen MR) is 79.0 cm³/mol. The van der Waals surface area contributed by atoms with Crippen LogP contribution in [0.15, 0.2) is 35.1 Å². The number of H-pyrrole nitrogens is 1. The highest BCUT2D eigenvalue weighted by Gasteiger charge is 2.03. The summed E-state index contributed by atoms with van der Waals surface area (Å²) in [6.07, 6.45) is 3.66. The molecule has 0 bridgehead atoms. The van der Waals surface area contributed by atoms with Gasteiger partial charge in [-0.2, -0.15) is 5.26 Å². The summed E-state index contributed by atoms with van der Waals surface area (Å²) in [5, 5.41) is 8.73. The van der Waals surface area contributed by atoms with Gasteiger partial charge in [-0.1, -0.05) is 32.1 Å². The molecule has 100 valence electrons. The zero-order valence-electron chi connectivity index (χ0n) is 11.4. The van der Waals surface area contributed by atoms with E-state index in [2.05, 4.69) is 16.0 Å². The number of hydrogen-bond donors (Lipinski definition) is 1. The summed E-state index contributed by atoms with van der Waals surface area (Å²) in [4.78, 5) is 18.7. The van der Waals surface area contributed by atoms with E-state index in [1.54, 1.807) is 18.2 Å². The van der Waals surface area contributed by atoms with E-state index in [1.165, 1.54) is 6.07 Å². The number of hydrogen-bond acceptors (Lipinski definition) is 3. The van der Waals surface area contributed by atoms with Crippen molar-refractivity contribution in [1.82, 2.24) is 9.97 Å². The average Bonchev–Trinajstić information content (AvgIpc) is 2.45. The highest BCUT2D eigenvalue weighted by molar-refractivity contribution is 5.68. The molecule has 1 heterocycles. The molecule has 0 saturated heterocycles. The summed E-state index contributed by atoms with van der Waals surface area (Å²) in [7, 11) is 0. The maximum Gasteiger partial charge on any atom is 0.251 e. The van der Waals surface area contributed by atoms with E-state index in [1.807, 2.05) is 32.1 Å². The van der Waals surface area contributed by atoms with Gasteiger partial charge >= 0.3 is 0 Å². The van der Waals surface area contributed by atoms with E-state index in [0.717, 1.165) is 5.56 Å². The minimum atomic E-state index is -0.150. The fourth-order valence-corrected chi connectivity index (χ4v) is 1.71. The van der Waals surface area contributed by atoms with Gasteiger partial charge in [0, 0.05) is 12.0 Å². The number of rotatable bonds is 3. The van der Waals surface area contributed by atoms with Crippen LogP contribution in [-0.2, 0) is 0 Å². The van der Waals surface area contributed by atoms with Crippen molar-refractivity contribution in [2.45, 2.75) is 19.8 Å². The molecule has 20 heavy (non-hydrogen) atoms.